The molecule has 2 amide bonds. The minimum Gasteiger partial charge on any atom is -0.339 e. The molecule has 1 aromatic heterocycles. The monoisotopic (exact) mass is 233 g/mol. The zero-order valence-electron chi connectivity index (χ0n) is 9.13. The molecule has 0 bridgehead atoms. The first kappa shape index (κ1) is 9.32. The van der Waals surface area contributed by atoms with Crippen LogP contribution in [-0.4, -0.2) is 26.9 Å². The van der Waals surface area contributed by atoms with Crippen molar-refractivity contribution in [2.45, 2.75) is 31.7 Å². The molecule has 2 unspecified atom stereocenters. The predicted molar refractivity (Wildman–Crippen MR) is 53.4 cm³/mol. The molecule has 0 N–H and O–H groups in total. The Labute approximate surface area is 97.0 Å². The lowest BCUT2D eigenvalue weighted by Gasteiger charge is -2.13. The molecule has 2 atom stereocenters. The third kappa shape index (κ3) is 1.33. The van der Waals surface area contributed by atoms with Crippen LogP contribution in [0.4, 0.5) is 0 Å². The van der Waals surface area contributed by atoms with Crippen LogP contribution < -0.4 is 0 Å². The fourth-order valence-corrected chi connectivity index (χ4v) is 2.37. The van der Waals surface area contributed by atoms with Gasteiger partial charge in [-0.2, -0.15) is 4.98 Å². The van der Waals surface area contributed by atoms with Crippen molar-refractivity contribution in [1.82, 2.24) is 15.0 Å². The Bertz CT molecular complexity index is 500. The van der Waals surface area contributed by atoms with Crippen LogP contribution in [0.3, 0.4) is 0 Å². The quantitative estimate of drug-likeness (QED) is 0.708. The van der Waals surface area contributed by atoms with E-state index in [0.717, 1.165) is 19.3 Å². The zero-order chi connectivity index (χ0) is 11.6. The molecule has 2 heterocycles. The van der Waals surface area contributed by atoms with E-state index in [2.05, 4.69) is 10.1 Å². The molecule has 3 fully saturated rings. The Hall–Kier alpha value is -1.72. The maximum atomic E-state index is 11.7. The lowest BCUT2D eigenvalue weighted by molar-refractivity contribution is -0.142. The molecule has 4 rings (SSSR count). The van der Waals surface area contributed by atoms with E-state index in [1.165, 1.54) is 4.90 Å². The number of hydrogen-bond donors (Lipinski definition) is 0. The largest absolute Gasteiger partial charge is 0.339 e. The molecule has 17 heavy (non-hydrogen) atoms. The van der Waals surface area contributed by atoms with Crippen LogP contribution >= 0.6 is 0 Å². The van der Waals surface area contributed by atoms with Gasteiger partial charge >= 0.3 is 0 Å². The maximum absolute atomic E-state index is 11.7. The Morgan fingerprint density at radius 3 is 2.59 bits per heavy atom. The molecule has 0 radical (unpaired) electrons. The molecule has 88 valence electrons. The van der Waals surface area contributed by atoms with Crippen molar-refractivity contribution in [2.75, 3.05) is 0 Å². The van der Waals surface area contributed by atoms with Crippen LogP contribution in [0.2, 0.25) is 0 Å². The number of carbonyl (C=O) groups is 2. The van der Waals surface area contributed by atoms with Gasteiger partial charge < -0.3 is 4.52 Å². The predicted octanol–water partition coefficient (Wildman–Crippen LogP) is 0.452. The molecule has 2 aliphatic carbocycles. The number of piperidine rings is 1. The van der Waals surface area contributed by atoms with Crippen LogP contribution in [0, 0.1) is 11.8 Å². The number of amides is 2. The van der Waals surface area contributed by atoms with E-state index >= 15 is 0 Å². The summed E-state index contributed by atoms with van der Waals surface area (Å²) in [6.07, 6.45) is 2.91. The summed E-state index contributed by atoms with van der Waals surface area (Å²) in [5.74, 6) is 1.22. The van der Waals surface area contributed by atoms with Gasteiger partial charge in [0, 0.05) is 5.92 Å². The Morgan fingerprint density at radius 1 is 1.24 bits per heavy atom. The summed E-state index contributed by atoms with van der Waals surface area (Å²) in [6, 6.07) is 0. The Kier molecular flexibility index (Phi) is 1.61. The molecule has 0 aromatic carbocycles. The highest BCUT2D eigenvalue weighted by molar-refractivity contribution is 6.08. The number of nitrogens with zero attached hydrogens (tertiary/aromatic N) is 3. The number of hydrogen-bond acceptors (Lipinski definition) is 5. The molecule has 1 aromatic rings. The van der Waals surface area contributed by atoms with Crippen LogP contribution in [0.5, 0.6) is 0 Å². The van der Waals surface area contributed by atoms with Crippen LogP contribution in [0.15, 0.2) is 4.52 Å². The van der Waals surface area contributed by atoms with Gasteiger partial charge in [0.1, 0.15) is 0 Å². The van der Waals surface area contributed by atoms with Crippen molar-refractivity contribution in [3.63, 3.8) is 0 Å². The van der Waals surface area contributed by atoms with Crippen molar-refractivity contribution >= 4 is 11.8 Å². The second-order valence-corrected chi connectivity index (χ2v) is 5.03. The van der Waals surface area contributed by atoms with Crippen molar-refractivity contribution in [2.24, 2.45) is 11.8 Å². The highest BCUT2D eigenvalue weighted by Gasteiger charge is 2.58. The lowest BCUT2D eigenvalue weighted by Crippen LogP contribution is -2.32. The first-order valence-electron chi connectivity index (χ1n) is 5.92. The van der Waals surface area contributed by atoms with Gasteiger partial charge in [0.2, 0.25) is 17.7 Å². The Balaban J connectivity index is 1.52. The SMILES string of the molecule is O=C1C2CC2C(=O)N1Cc1noc(C2CC2)n1. The number of imide groups is 1. The number of aromatic nitrogens is 2. The molecule has 6 heteroatoms. The van der Waals surface area contributed by atoms with Gasteiger partial charge in [0.15, 0.2) is 5.82 Å². The van der Waals surface area contributed by atoms with Gasteiger partial charge in [-0.3, -0.25) is 14.5 Å². The van der Waals surface area contributed by atoms with Crippen molar-refractivity contribution in [1.29, 1.82) is 0 Å². The zero-order valence-corrected chi connectivity index (χ0v) is 9.13. The smallest absolute Gasteiger partial charge is 0.233 e. The highest BCUT2D eigenvalue weighted by Crippen LogP contribution is 2.47. The Morgan fingerprint density at radius 2 is 1.94 bits per heavy atom. The number of rotatable bonds is 3. The summed E-state index contributed by atoms with van der Waals surface area (Å²) in [7, 11) is 0. The van der Waals surface area contributed by atoms with E-state index in [9.17, 15) is 9.59 Å². The topological polar surface area (TPSA) is 76.3 Å². The fraction of sp³-hybridized carbons (Fsp3) is 0.636. The first-order chi connectivity index (χ1) is 8.24. The van der Waals surface area contributed by atoms with Crippen LogP contribution in [0.25, 0.3) is 0 Å². The summed E-state index contributed by atoms with van der Waals surface area (Å²) in [5, 5.41) is 3.82. The number of fused-ring (bicyclic) bond motifs is 1. The summed E-state index contributed by atoms with van der Waals surface area (Å²) in [4.78, 5) is 29.0. The average molecular weight is 233 g/mol. The summed E-state index contributed by atoms with van der Waals surface area (Å²) in [6.45, 7) is 0.168. The van der Waals surface area contributed by atoms with Gasteiger partial charge in [-0.05, 0) is 19.3 Å². The van der Waals surface area contributed by atoms with E-state index in [-0.39, 0.29) is 30.2 Å². The molecular weight excluding hydrogens is 222 g/mol. The number of carbonyl (C=O) groups excluding carboxylic acids is 2. The van der Waals surface area contributed by atoms with E-state index < -0.39 is 0 Å². The second kappa shape index (κ2) is 2.94. The second-order valence-electron chi connectivity index (χ2n) is 5.03. The van der Waals surface area contributed by atoms with Gasteiger partial charge in [0.25, 0.3) is 0 Å². The van der Waals surface area contributed by atoms with E-state index in [0.29, 0.717) is 17.6 Å². The minimum absolute atomic E-state index is 0.0581. The third-order valence-corrected chi connectivity index (χ3v) is 3.67. The highest BCUT2D eigenvalue weighted by atomic mass is 16.5. The molecular formula is C11H11N3O3. The lowest BCUT2D eigenvalue weighted by atomic mass is 10.4. The summed E-state index contributed by atoms with van der Waals surface area (Å²) in [5.41, 5.74) is 0. The van der Waals surface area contributed by atoms with Crippen molar-refractivity contribution in [3.05, 3.63) is 11.7 Å². The van der Waals surface area contributed by atoms with Crippen molar-refractivity contribution < 1.29 is 14.1 Å². The fourth-order valence-electron chi connectivity index (χ4n) is 2.37. The van der Waals surface area contributed by atoms with E-state index in [4.69, 9.17) is 4.52 Å². The van der Waals surface area contributed by atoms with Gasteiger partial charge in [-0.1, -0.05) is 5.16 Å². The molecule has 0 spiro atoms. The summed E-state index contributed by atoms with van der Waals surface area (Å²) >= 11 is 0. The average Bonchev–Trinajstić information content (AvgIpc) is 3.21. The molecule has 1 saturated heterocycles. The van der Waals surface area contributed by atoms with E-state index in [1.54, 1.807) is 0 Å². The normalized spacial score (nSPS) is 30.9. The summed E-state index contributed by atoms with van der Waals surface area (Å²) < 4.78 is 5.10. The standard InChI is InChI=1S/C11H11N3O3/c15-10-6-3-7(6)11(16)14(10)4-8-12-9(17-13-8)5-1-2-5/h5-7H,1-4H2. The minimum atomic E-state index is -0.0715. The maximum Gasteiger partial charge on any atom is 0.233 e. The van der Waals surface area contributed by atoms with Crippen LogP contribution in [0.1, 0.15) is 36.9 Å². The molecule has 3 aliphatic rings. The van der Waals surface area contributed by atoms with E-state index in [1.807, 2.05) is 0 Å². The molecule has 2 saturated carbocycles. The first-order valence-corrected chi connectivity index (χ1v) is 5.92. The van der Waals surface area contributed by atoms with Gasteiger partial charge in [0.05, 0.1) is 18.4 Å². The molecule has 1 aliphatic heterocycles. The number of likely N-dealkylation sites (tertiary alicyclic amines) is 1. The van der Waals surface area contributed by atoms with Gasteiger partial charge in [-0.15, -0.1) is 0 Å². The molecule has 6 nitrogen and oxygen atoms in total. The van der Waals surface area contributed by atoms with Gasteiger partial charge in [-0.25, -0.2) is 0 Å². The third-order valence-electron chi connectivity index (χ3n) is 3.67. The van der Waals surface area contributed by atoms with Crippen LogP contribution in [-0.2, 0) is 16.1 Å². The van der Waals surface area contributed by atoms with Crippen molar-refractivity contribution in [3.8, 4) is 0 Å².